The fourth-order valence-corrected chi connectivity index (χ4v) is 2.04. The molecule has 0 radical (unpaired) electrons. The van der Waals surface area contributed by atoms with E-state index in [0.717, 1.165) is 0 Å². The van der Waals surface area contributed by atoms with Crippen LogP contribution in [0.5, 0.6) is 0 Å². The van der Waals surface area contributed by atoms with Crippen LogP contribution >= 0.6 is 0 Å². The number of ether oxygens (including phenoxy) is 3. The Morgan fingerprint density at radius 1 is 0.889 bits per heavy atom. The van der Waals surface area contributed by atoms with E-state index in [1.807, 2.05) is 0 Å². The first-order valence-electron chi connectivity index (χ1n) is 9.44. The van der Waals surface area contributed by atoms with Gasteiger partial charge in [-0.1, -0.05) is 0 Å². The number of alkyl carbamates (subject to hydrolysis) is 1. The normalized spacial score (nSPS) is 11.5. The molecule has 0 aliphatic heterocycles. The third-order valence-corrected chi connectivity index (χ3v) is 3.04. The highest BCUT2D eigenvalue weighted by Gasteiger charge is 2.22. The molecule has 1 N–H and O–H groups in total. The molecule has 0 bridgehead atoms. The highest BCUT2D eigenvalue weighted by molar-refractivity contribution is 5.70. The van der Waals surface area contributed by atoms with Crippen molar-refractivity contribution in [3.8, 4) is 0 Å². The molecule has 0 saturated heterocycles. The van der Waals surface area contributed by atoms with Gasteiger partial charge in [0.05, 0.1) is 6.61 Å². The number of esters is 1. The molecule has 0 aliphatic carbocycles. The Morgan fingerprint density at radius 2 is 1.44 bits per heavy atom. The summed E-state index contributed by atoms with van der Waals surface area (Å²) in [5.41, 5.74) is -1.16. The third kappa shape index (κ3) is 14.8. The van der Waals surface area contributed by atoms with Crippen molar-refractivity contribution in [1.29, 1.82) is 0 Å². The predicted octanol–water partition coefficient (Wildman–Crippen LogP) is 3.48. The summed E-state index contributed by atoms with van der Waals surface area (Å²) in [6, 6.07) is 0. The third-order valence-electron chi connectivity index (χ3n) is 3.04. The zero-order valence-corrected chi connectivity index (χ0v) is 17.8. The van der Waals surface area contributed by atoms with Gasteiger partial charge in [0.25, 0.3) is 0 Å². The first kappa shape index (κ1) is 25.0. The highest BCUT2D eigenvalue weighted by Crippen LogP contribution is 2.11. The Kier molecular flexibility index (Phi) is 10.8. The number of hydrogen-bond donors (Lipinski definition) is 1. The van der Waals surface area contributed by atoms with Gasteiger partial charge in [0, 0.05) is 26.1 Å². The molecule has 8 heteroatoms. The molecular formula is C19H36N2O6. The van der Waals surface area contributed by atoms with Crippen LogP contribution in [0.3, 0.4) is 0 Å². The number of nitrogens with one attached hydrogen (secondary N) is 1. The second-order valence-corrected chi connectivity index (χ2v) is 8.16. The van der Waals surface area contributed by atoms with Crippen LogP contribution < -0.4 is 5.32 Å². The Labute approximate surface area is 162 Å². The topological polar surface area (TPSA) is 94.2 Å². The van der Waals surface area contributed by atoms with Crippen molar-refractivity contribution in [2.24, 2.45) is 0 Å². The van der Waals surface area contributed by atoms with E-state index in [1.165, 1.54) is 0 Å². The molecule has 158 valence electrons. The van der Waals surface area contributed by atoms with Crippen LogP contribution in [0, 0.1) is 0 Å². The number of rotatable bonds is 9. The average Bonchev–Trinajstić information content (AvgIpc) is 2.46. The van der Waals surface area contributed by atoms with Crippen LogP contribution in [0.1, 0.15) is 67.7 Å². The second-order valence-electron chi connectivity index (χ2n) is 8.16. The minimum Gasteiger partial charge on any atom is -0.466 e. The molecule has 27 heavy (non-hydrogen) atoms. The minimum atomic E-state index is -0.606. The lowest BCUT2D eigenvalue weighted by molar-refractivity contribution is -0.143. The molecule has 2 amide bonds. The van der Waals surface area contributed by atoms with Crippen LogP contribution in [0.25, 0.3) is 0 Å². The summed E-state index contributed by atoms with van der Waals surface area (Å²) >= 11 is 0. The van der Waals surface area contributed by atoms with E-state index in [2.05, 4.69) is 5.32 Å². The minimum absolute atomic E-state index is 0.239. The van der Waals surface area contributed by atoms with Crippen molar-refractivity contribution >= 4 is 18.2 Å². The monoisotopic (exact) mass is 388 g/mol. The summed E-state index contributed by atoms with van der Waals surface area (Å²) in [6.45, 7) is 14.0. The molecule has 0 unspecified atom stereocenters. The van der Waals surface area contributed by atoms with Gasteiger partial charge in [-0.3, -0.25) is 4.79 Å². The Balaban J connectivity index is 4.46. The van der Waals surface area contributed by atoms with Crippen molar-refractivity contribution in [1.82, 2.24) is 10.2 Å². The van der Waals surface area contributed by atoms with E-state index < -0.39 is 23.4 Å². The van der Waals surface area contributed by atoms with Crippen molar-refractivity contribution in [3.63, 3.8) is 0 Å². The summed E-state index contributed by atoms with van der Waals surface area (Å²) in [5, 5.41) is 2.66. The zero-order valence-electron chi connectivity index (χ0n) is 17.8. The van der Waals surface area contributed by atoms with E-state index in [-0.39, 0.29) is 12.4 Å². The standard InChI is InChI=1S/C19H36N2O6/c1-8-25-15(22)11-9-13-21(17(24)27-19(5,6)7)14-10-12-20-16(23)26-18(2,3)4/h8-14H2,1-7H3,(H,20,23). The molecule has 0 aromatic rings. The number of carbonyl (C=O) groups excluding carboxylic acids is 3. The zero-order chi connectivity index (χ0) is 21.1. The molecule has 0 rings (SSSR count). The Hall–Kier alpha value is -1.99. The van der Waals surface area contributed by atoms with Crippen molar-refractivity contribution < 1.29 is 28.6 Å². The number of amides is 2. The van der Waals surface area contributed by atoms with Crippen molar-refractivity contribution in [2.45, 2.75) is 78.9 Å². The summed E-state index contributed by atoms with van der Waals surface area (Å²) in [7, 11) is 0. The summed E-state index contributed by atoms with van der Waals surface area (Å²) < 4.78 is 15.5. The maximum atomic E-state index is 12.4. The smallest absolute Gasteiger partial charge is 0.410 e. The lowest BCUT2D eigenvalue weighted by Crippen LogP contribution is -2.39. The average molecular weight is 389 g/mol. The van der Waals surface area contributed by atoms with Crippen molar-refractivity contribution in [3.05, 3.63) is 0 Å². The van der Waals surface area contributed by atoms with E-state index >= 15 is 0 Å². The van der Waals surface area contributed by atoms with E-state index in [1.54, 1.807) is 53.4 Å². The highest BCUT2D eigenvalue weighted by atomic mass is 16.6. The summed E-state index contributed by atoms with van der Waals surface area (Å²) in [5.74, 6) is -0.284. The molecule has 0 aromatic carbocycles. The van der Waals surface area contributed by atoms with Gasteiger partial charge in [0.1, 0.15) is 11.2 Å². The van der Waals surface area contributed by atoms with E-state index in [4.69, 9.17) is 14.2 Å². The fourth-order valence-electron chi connectivity index (χ4n) is 2.04. The van der Waals surface area contributed by atoms with E-state index in [0.29, 0.717) is 39.1 Å². The molecule has 0 saturated carbocycles. The molecule has 0 aliphatic rings. The number of carbonyl (C=O) groups is 3. The largest absolute Gasteiger partial charge is 0.466 e. The Morgan fingerprint density at radius 3 is 1.96 bits per heavy atom. The fraction of sp³-hybridized carbons (Fsp3) is 0.842. The molecule has 0 aromatic heterocycles. The van der Waals surface area contributed by atoms with Gasteiger partial charge >= 0.3 is 18.2 Å². The van der Waals surface area contributed by atoms with Crippen LogP contribution in [0.15, 0.2) is 0 Å². The van der Waals surface area contributed by atoms with Gasteiger partial charge in [-0.05, 0) is 61.3 Å². The van der Waals surface area contributed by atoms with Crippen LogP contribution in [-0.2, 0) is 19.0 Å². The molecular weight excluding hydrogens is 352 g/mol. The van der Waals surface area contributed by atoms with Crippen LogP contribution in [0.2, 0.25) is 0 Å². The number of hydrogen-bond acceptors (Lipinski definition) is 6. The first-order valence-corrected chi connectivity index (χ1v) is 9.44. The molecule has 0 fully saturated rings. The second kappa shape index (κ2) is 11.7. The van der Waals surface area contributed by atoms with Gasteiger partial charge in [-0.2, -0.15) is 0 Å². The lowest BCUT2D eigenvalue weighted by atomic mass is 10.2. The van der Waals surface area contributed by atoms with Crippen LogP contribution in [0.4, 0.5) is 9.59 Å². The van der Waals surface area contributed by atoms with Gasteiger partial charge in [0.15, 0.2) is 0 Å². The maximum Gasteiger partial charge on any atom is 0.410 e. The van der Waals surface area contributed by atoms with Gasteiger partial charge < -0.3 is 24.4 Å². The van der Waals surface area contributed by atoms with Gasteiger partial charge in [-0.15, -0.1) is 0 Å². The summed E-state index contributed by atoms with van der Waals surface area (Å²) in [6.07, 6.45) is 0.330. The predicted molar refractivity (Wildman–Crippen MR) is 103 cm³/mol. The quantitative estimate of drug-likeness (QED) is 0.369. The molecule has 0 atom stereocenters. The first-order chi connectivity index (χ1) is 12.3. The maximum absolute atomic E-state index is 12.4. The SMILES string of the molecule is CCOC(=O)CCCN(CCCNC(=O)OC(C)(C)C)C(=O)OC(C)(C)C. The number of nitrogens with zero attached hydrogens (tertiary/aromatic N) is 1. The lowest BCUT2D eigenvalue weighted by Gasteiger charge is -2.27. The Bertz CT molecular complexity index is 480. The molecule has 0 heterocycles. The van der Waals surface area contributed by atoms with Crippen LogP contribution in [-0.4, -0.2) is 60.5 Å². The van der Waals surface area contributed by atoms with Crippen molar-refractivity contribution in [2.75, 3.05) is 26.2 Å². The molecule has 0 spiro atoms. The molecule has 8 nitrogen and oxygen atoms in total. The van der Waals surface area contributed by atoms with Gasteiger partial charge in [-0.25, -0.2) is 9.59 Å². The van der Waals surface area contributed by atoms with E-state index in [9.17, 15) is 14.4 Å². The summed E-state index contributed by atoms with van der Waals surface area (Å²) in [4.78, 5) is 37.0. The van der Waals surface area contributed by atoms with Gasteiger partial charge in [0.2, 0.25) is 0 Å².